The Bertz CT molecular complexity index is 1380. The molecule has 0 saturated carbocycles. The Kier molecular flexibility index (Phi) is 8.16. The van der Waals surface area contributed by atoms with Gasteiger partial charge in [-0.25, -0.2) is 4.39 Å². The van der Waals surface area contributed by atoms with Gasteiger partial charge in [-0.15, -0.1) is 0 Å². The topological polar surface area (TPSA) is 97.2 Å². The minimum atomic E-state index is -0.398. The number of nitrogens with zero attached hydrogens (tertiary/aromatic N) is 3. The number of ether oxygens (including phenoxy) is 2. The van der Waals surface area contributed by atoms with Crippen LogP contribution in [0.4, 0.5) is 15.8 Å². The van der Waals surface area contributed by atoms with Crippen LogP contribution < -0.4 is 19.7 Å². The summed E-state index contributed by atoms with van der Waals surface area (Å²) in [6.07, 6.45) is 1.04. The number of rotatable bonds is 9. The maximum Gasteiger partial charge on any atom is 0.269 e. The van der Waals surface area contributed by atoms with Gasteiger partial charge in [-0.3, -0.25) is 19.8 Å². The summed E-state index contributed by atoms with van der Waals surface area (Å²) in [6, 6.07) is 17.0. The molecule has 3 aromatic rings. The highest BCUT2D eigenvalue weighted by Gasteiger charge is 2.41. The summed E-state index contributed by atoms with van der Waals surface area (Å²) >= 11 is 0. The van der Waals surface area contributed by atoms with E-state index in [-0.39, 0.29) is 29.4 Å². The first kappa shape index (κ1) is 27.4. The van der Waals surface area contributed by atoms with Gasteiger partial charge in [-0.1, -0.05) is 18.2 Å². The summed E-state index contributed by atoms with van der Waals surface area (Å²) < 4.78 is 24.1. The summed E-state index contributed by atoms with van der Waals surface area (Å²) in [5.41, 5.74) is 3.81. The standard InChI is InChI=1S/C30H33FN4O5/c1-39-28-10-5-20(15-29(28)40-2)11-12-32-30(36)25-17-22-16-24(35(37)38)8-9-26(22)34-14-13-33(19-27(25)34)18-21-3-6-23(31)7-4-21/h3-10,15-16,25,27H,11-14,17-19H2,1-2H3,(H,32,36)/t25-,27-/m0/s1. The van der Waals surface area contributed by atoms with Gasteiger partial charge in [0, 0.05) is 50.5 Å². The van der Waals surface area contributed by atoms with Crippen molar-refractivity contribution in [1.82, 2.24) is 10.2 Å². The molecule has 210 valence electrons. The molecule has 2 heterocycles. The molecule has 0 bridgehead atoms. The van der Waals surface area contributed by atoms with Crippen molar-refractivity contribution >= 4 is 17.3 Å². The lowest BCUT2D eigenvalue weighted by molar-refractivity contribution is -0.384. The third-order valence-electron chi connectivity index (χ3n) is 7.81. The van der Waals surface area contributed by atoms with Gasteiger partial charge < -0.3 is 19.7 Å². The first-order valence-electron chi connectivity index (χ1n) is 13.4. The second-order valence-electron chi connectivity index (χ2n) is 10.2. The summed E-state index contributed by atoms with van der Waals surface area (Å²) in [6.45, 7) is 3.20. The lowest BCUT2D eigenvalue weighted by Gasteiger charge is -2.49. The molecule has 1 fully saturated rings. The minimum absolute atomic E-state index is 0.0276. The number of nitro benzene ring substituents is 1. The van der Waals surface area contributed by atoms with Crippen LogP contribution >= 0.6 is 0 Å². The van der Waals surface area contributed by atoms with Crippen LogP contribution in [0.25, 0.3) is 0 Å². The summed E-state index contributed by atoms with van der Waals surface area (Å²) in [7, 11) is 3.17. The normalized spacial score (nSPS) is 18.4. The predicted molar refractivity (Wildman–Crippen MR) is 149 cm³/mol. The first-order chi connectivity index (χ1) is 19.4. The largest absolute Gasteiger partial charge is 0.493 e. The fourth-order valence-corrected chi connectivity index (χ4v) is 5.77. The van der Waals surface area contributed by atoms with E-state index in [0.29, 0.717) is 50.5 Å². The number of carbonyl (C=O) groups is 1. The van der Waals surface area contributed by atoms with Gasteiger partial charge in [-0.05, 0) is 59.9 Å². The highest BCUT2D eigenvalue weighted by Crippen LogP contribution is 2.38. The van der Waals surface area contributed by atoms with Crippen LogP contribution in [0.1, 0.15) is 16.7 Å². The van der Waals surface area contributed by atoms with E-state index in [4.69, 9.17) is 9.47 Å². The van der Waals surface area contributed by atoms with E-state index in [1.165, 1.54) is 18.2 Å². The molecule has 2 aliphatic rings. The molecule has 1 amide bonds. The van der Waals surface area contributed by atoms with Crippen LogP contribution in [0.15, 0.2) is 60.7 Å². The van der Waals surface area contributed by atoms with Gasteiger partial charge in [0.15, 0.2) is 11.5 Å². The van der Waals surface area contributed by atoms with Gasteiger partial charge in [0.05, 0.1) is 31.1 Å². The number of non-ortho nitro benzene ring substituents is 1. The Hall–Kier alpha value is -4.18. The van der Waals surface area contributed by atoms with Gasteiger partial charge >= 0.3 is 0 Å². The van der Waals surface area contributed by atoms with Crippen molar-refractivity contribution in [1.29, 1.82) is 0 Å². The number of nitrogens with one attached hydrogen (secondary N) is 1. The van der Waals surface area contributed by atoms with E-state index in [2.05, 4.69) is 15.1 Å². The third kappa shape index (κ3) is 5.86. The van der Waals surface area contributed by atoms with E-state index in [9.17, 15) is 19.3 Å². The number of nitro groups is 1. The Balaban J connectivity index is 1.32. The van der Waals surface area contributed by atoms with E-state index < -0.39 is 4.92 Å². The molecule has 5 rings (SSSR count). The van der Waals surface area contributed by atoms with Crippen LogP contribution in [-0.4, -0.2) is 62.2 Å². The Morgan fingerprint density at radius 2 is 1.77 bits per heavy atom. The first-order valence-corrected chi connectivity index (χ1v) is 13.4. The predicted octanol–water partition coefficient (Wildman–Crippen LogP) is 3.97. The zero-order chi connectivity index (χ0) is 28.2. The minimum Gasteiger partial charge on any atom is -0.493 e. The van der Waals surface area contributed by atoms with Crippen molar-refractivity contribution < 1.29 is 23.6 Å². The van der Waals surface area contributed by atoms with Crippen LogP contribution in [-0.2, 0) is 24.2 Å². The number of hydrogen-bond acceptors (Lipinski definition) is 7. The Morgan fingerprint density at radius 3 is 2.50 bits per heavy atom. The summed E-state index contributed by atoms with van der Waals surface area (Å²) in [4.78, 5) is 29.2. The molecule has 9 nitrogen and oxygen atoms in total. The molecule has 1 N–H and O–H groups in total. The Morgan fingerprint density at radius 1 is 1.02 bits per heavy atom. The van der Waals surface area contributed by atoms with Gasteiger partial charge in [0.1, 0.15) is 5.82 Å². The second kappa shape index (κ2) is 11.9. The van der Waals surface area contributed by atoms with Crippen LogP contribution in [0.3, 0.4) is 0 Å². The molecule has 0 aromatic heterocycles. The maximum atomic E-state index is 13.6. The molecule has 0 aliphatic carbocycles. The Labute approximate surface area is 232 Å². The van der Waals surface area contributed by atoms with Crippen LogP contribution in [0.2, 0.25) is 0 Å². The zero-order valence-corrected chi connectivity index (χ0v) is 22.6. The molecule has 0 spiro atoms. The van der Waals surface area contributed by atoms with E-state index in [1.54, 1.807) is 38.5 Å². The SMILES string of the molecule is COc1ccc(CCNC(=O)[C@H]2Cc3cc([N+](=O)[O-])ccc3N3CCN(Cc4ccc(F)cc4)C[C@@H]23)cc1OC. The van der Waals surface area contributed by atoms with E-state index in [1.807, 2.05) is 18.2 Å². The highest BCUT2D eigenvalue weighted by atomic mass is 19.1. The van der Waals surface area contributed by atoms with E-state index in [0.717, 1.165) is 28.9 Å². The van der Waals surface area contributed by atoms with Crippen molar-refractivity contribution in [2.75, 3.05) is 45.3 Å². The number of anilines is 1. The number of halogens is 1. The van der Waals surface area contributed by atoms with Crippen molar-refractivity contribution in [2.24, 2.45) is 5.92 Å². The molecule has 1 saturated heterocycles. The molecule has 40 heavy (non-hydrogen) atoms. The molecule has 3 aromatic carbocycles. The average Bonchev–Trinajstić information content (AvgIpc) is 2.97. The molecule has 0 radical (unpaired) electrons. The van der Waals surface area contributed by atoms with Crippen LogP contribution in [0.5, 0.6) is 11.5 Å². The van der Waals surface area contributed by atoms with Gasteiger partial charge in [0.2, 0.25) is 5.91 Å². The summed E-state index contributed by atoms with van der Waals surface area (Å²) in [5, 5.41) is 14.6. The molecule has 2 atom stereocenters. The molecular formula is C30H33FN4O5. The quantitative estimate of drug-likeness (QED) is 0.319. The fraction of sp³-hybridized carbons (Fsp3) is 0.367. The highest BCUT2D eigenvalue weighted by molar-refractivity contribution is 5.82. The van der Waals surface area contributed by atoms with Gasteiger partial charge in [0.25, 0.3) is 5.69 Å². The molecule has 0 unspecified atom stereocenters. The number of carbonyl (C=O) groups excluding carboxylic acids is 1. The van der Waals surface area contributed by atoms with Crippen molar-refractivity contribution in [3.63, 3.8) is 0 Å². The lowest BCUT2D eigenvalue weighted by Crippen LogP contribution is -2.61. The zero-order valence-electron chi connectivity index (χ0n) is 22.6. The number of fused-ring (bicyclic) bond motifs is 3. The number of amides is 1. The summed E-state index contributed by atoms with van der Waals surface area (Å²) in [5.74, 6) is 0.562. The molecular weight excluding hydrogens is 515 g/mol. The average molecular weight is 549 g/mol. The smallest absolute Gasteiger partial charge is 0.269 e. The van der Waals surface area contributed by atoms with E-state index >= 15 is 0 Å². The monoisotopic (exact) mass is 548 g/mol. The molecule has 10 heteroatoms. The fourth-order valence-electron chi connectivity index (χ4n) is 5.77. The van der Waals surface area contributed by atoms with Crippen molar-refractivity contribution in [2.45, 2.75) is 25.4 Å². The second-order valence-corrected chi connectivity index (χ2v) is 10.2. The van der Waals surface area contributed by atoms with Crippen LogP contribution in [0, 0.1) is 21.8 Å². The third-order valence-corrected chi connectivity index (χ3v) is 7.81. The lowest BCUT2D eigenvalue weighted by atomic mass is 9.83. The number of methoxy groups -OCH3 is 2. The van der Waals surface area contributed by atoms with Crippen molar-refractivity contribution in [3.8, 4) is 11.5 Å². The number of piperazine rings is 1. The number of hydrogen-bond donors (Lipinski definition) is 1. The van der Waals surface area contributed by atoms with Gasteiger partial charge in [-0.2, -0.15) is 0 Å². The maximum absolute atomic E-state index is 13.6. The van der Waals surface area contributed by atoms with Crippen molar-refractivity contribution in [3.05, 3.63) is 93.3 Å². The number of benzene rings is 3. The molecule has 2 aliphatic heterocycles.